The molecule has 1 unspecified atom stereocenters. The Morgan fingerprint density at radius 3 is 2.75 bits per heavy atom. The molecule has 0 N–H and O–H groups in total. The Hall–Kier alpha value is -0.190. The molecule has 0 aliphatic heterocycles. The van der Waals surface area contributed by atoms with E-state index in [1.165, 1.54) is 0 Å². The summed E-state index contributed by atoms with van der Waals surface area (Å²) >= 11 is 3.76. The highest BCUT2D eigenvalue weighted by Crippen LogP contribution is 2.23. The minimum atomic E-state index is -0.210. The number of hydrogen-bond acceptors (Lipinski definition) is 4. The molecule has 0 radical (unpaired) electrons. The number of hydrogen-bond donors (Lipinski definition) is 0. The fraction of sp³-hybridized carbons (Fsp3) is 0.429. The summed E-state index contributed by atoms with van der Waals surface area (Å²) in [6, 6.07) is 1.99. The van der Waals surface area contributed by atoms with Crippen molar-refractivity contribution >= 4 is 33.9 Å². The molecule has 0 fully saturated rings. The first-order chi connectivity index (χ1) is 5.65. The van der Waals surface area contributed by atoms with Gasteiger partial charge in [-0.15, -0.1) is 11.3 Å². The molecule has 0 saturated carbocycles. The van der Waals surface area contributed by atoms with Crippen molar-refractivity contribution in [1.29, 1.82) is 5.26 Å². The van der Waals surface area contributed by atoms with Crippen LogP contribution in [-0.4, -0.2) is 24.0 Å². The highest BCUT2D eigenvalue weighted by atomic mass is 127. The summed E-state index contributed by atoms with van der Waals surface area (Å²) in [6.07, 6.45) is 1.79. The second kappa shape index (κ2) is 4.16. The quantitative estimate of drug-likeness (QED) is 0.782. The van der Waals surface area contributed by atoms with Gasteiger partial charge < -0.3 is 0 Å². The monoisotopic (exact) mass is 293 g/mol. The maximum absolute atomic E-state index is 8.83. The normalized spacial score (nSPS) is 12.9. The Balaban J connectivity index is 2.89. The van der Waals surface area contributed by atoms with Gasteiger partial charge in [-0.3, -0.25) is 4.90 Å². The highest BCUT2D eigenvalue weighted by Gasteiger charge is 2.16. The van der Waals surface area contributed by atoms with Crippen LogP contribution in [0.3, 0.4) is 0 Å². The lowest BCUT2D eigenvalue weighted by atomic mass is 10.3. The van der Waals surface area contributed by atoms with Gasteiger partial charge in [0.15, 0.2) is 0 Å². The van der Waals surface area contributed by atoms with Crippen LogP contribution >= 0.6 is 33.9 Å². The average Bonchev–Trinajstić information content (AvgIpc) is 2.37. The Kier molecular flexibility index (Phi) is 3.43. The van der Waals surface area contributed by atoms with Gasteiger partial charge in [0.05, 0.1) is 15.1 Å². The molecule has 0 aliphatic carbocycles. The van der Waals surface area contributed by atoms with E-state index in [4.69, 9.17) is 5.26 Å². The molecule has 0 amide bonds. The lowest BCUT2D eigenvalue weighted by molar-refractivity contribution is 0.357. The van der Waals surface area contributed by atoms with Crippen molar-refractivity contribution in [3.8, 4) is 6.07 Å². The molecule has 0 aliphatic rings. The second-order valence-electron chi connectivity index (χ2n) is 2.50. The molecule has 3 nitrogen and oxygen atoms in total. The summed E-state index contributed by atoms with van der Waals surface area (Å²) in [7, 11) is 3.75. The Morgan fingerprint density at radius 1 is 1.75 bits per heavy atom. The summed E-state index contributed by atoms with van der Waals surface area (Å²) in [5, 5.41) is 9.70. The molecule has 1 atom stereocenters. The first-order valence-corrected chi connectivity index (χ1v) is 5.22. The smallest absolute Gasteiger partial charge is 0.150 e. The van der Waals surface area contributed by atoms with Gasteiger partial charge in [0.2, 0.25) is 0 Å². The van der Waals surface area contributed by atoms with Gasteiger partial charge in [0.25, 0.3) is 0 Å². The lowest BCUT2D eigenvalue weighted by Crippen LogP contribution is -2.17. The first-order valence-electron chi connectivity index (χ1n) is 3.32. The van der Waals surface area contributed by atoms with E-state index in [1.54, 1.807) is 17.5 Å². The van der Waals surface area contributed by atoms with E-state index in [2.05, 4.69) is 33.6 Å². The lowest BCUT2D eigenvalue weighted by Gasteiger charge is -2.13. The van der Waals surface area contributed by atoms with Crippen molar-refractivity contribution in [2.45, 2.75) is 6.04 Å². The van der Waals surface area contributed by atoms with E-state index >= 15 is 0 Å². The zero-order chi connectivity index (χ0) is 9.14. The van der Waals surface area contributed by atoms with Crippen molar-refractivity contribution < 1.29 is 0 Å². The molecular weight excluding hydrogens is 285 g/mol. The standard InChI is InChI=1S/C7H8IN3S/c1-11(2)5(3-9)7-10-4-6(8)12-7/h4-5H,1-2H3. The fourth-order valence-corrected chi connectivity index (χ4v) is 2.39. The molecule has 64 valence electrons. The van der Waals surface area contributed by atoms with E-state index in [-0.39, 0.29) is 6.04 Å². The number of nitriles is 1. The topological polar surface area (TPSA) is 39.9 Å². The van der Waals surface area contributed by atoms with Gasteiger partial charge in [-0.25, -0.2) is 4.98 Å². The predicted molar refractivity (Wildman–Crippen MR) is 56.9 cm³/mol. The molecule has 1 rings (SSSR count). The summed E-state index contributed by atoms with van der Waals surface area (Å²) < 4.78 is 1.12. The van der Waals surface area contributed by atoms with Gasteiger partial charge in [-0.05, 0) is 36.7 Å². The first kappa shape index (κ1) is 9.89. The van der Waals surface area contributed by atoms with Crippen LogP contribution in [0.1, 0.15) is 11.0 Å². The third kappa shape index (κ3) is 2.15. The Bertz CT molecular complexity index is 302. The van der Waals surface area contributed by atoms with Crippen molar-refractivity contribution in [2.24, 2.45) is 0 Å². The highest BCUT2D eigenvalue weighted by molar-refractivity contribution is 14.1. The SMILES string of the molecule is CN(C)C(C#N)c1ncc(I)s1. The van der Waals surface area contributed by atoms with Crippen molar-refractivity contribution in [3.63, 3.8) is 0 Å². The molecule has 0 aromatic carbocycles. The van der Waals surface area contributed by atoms with Crippen molar-refractivity contribution in [1.82, 2.24) is 9.88 Å². The molecule has 0 saturated heterocycles. The molecule has 1 aromatic rings. The van der Waals surface area contributed by atoms with Crippen molar-refractivity contribution in [3.05, 3.63) is 14.1 Å². The number of nitrogens with zero attached hydrogens (tertiary/aromatic N) is 3. The molecule has 1 aromatic heterocycles. The number of halogens is 1. The van der Waals surface area contributed by atoms with E-state index in [9.17, 15) is 0 Å². The number of thiazole rings is 1. The Morgan fingerprint density at radius 2 is 2.42 bits per heavy atom. The molecular formula is C7H8IN3S. The van der Waals surface area contributed by atoms with Crippen LogP contribution in [0.15, 0.2) is 6.20 Å². The minimum absolute atomic E-state index is 0.210. The summed E-state index contributed by atoms with van der Waals surface area (Å²) in [6.45, 7) is 0. The second-order valence-corrected chi connectivity index (χ2v) is 5.45. The van der Waals surface area contributed by atoms with E-state index in [0.29, 0.717) is 0 Å². The van der Waals surface area contributed by atoms with Gasteiger partial charge >= 0.3 is 0 Å². The van der Waals surface area contributed by atoms with Gasteiger partial charge in [0, 0.05) is 0 Å². The van der Waals surface area contributed by atoms with Gasteiger partial charge in [0.1, 0.15) is 11.0 Å². The van der Waals surface area contributed by atoms with Crippen LogP contribution in [0, 0.1) is 14.2 Å². The summed E-state index contributed by atoms with van der Waals surface area (Å²) in [5.74, 6) is 0. The third-order valence-corrected chi connectivity index (χ3v) is 3.15. The predicted octanol–water partition coefficient (Wildman–Crippen LogP) is 1.87. The maximum atomic E-state index is 8.83. The number of aromatic nitrogens is 1. The van der Waals surface area contributed by atoms with E-state index in [1.807, 2.05) is 19.0 Å². The van der Waals surface area contributed by atoms with Crippen LogP contribution in [-0.2, 0) is 0 Å². The molecule has 0 spiro atoms. The van der Waals surface area contributed by atoms with Crippen molar-refractivity contribution in [2.75, 3.05) is 14.1 Å². The Labute approximate surface area is 89.2 Å². The van der Waals surface area contributed by atoms with Gasteiger partial charge in [-0.1, -0.05) is 0 Å². The largest absolute Gasteiger partial charge is 0.289 e. The zero-order valence-electron chi connectivity index (χ0n) is 6.78. The van der Waals surface area contributed by atoms with Crippen LogP contribution in [0.2, 0.25) is 0 Å². The molecule has 0 bridgehead atoms. The molecule has 5 heteroatoms. The van der Waals surface area contributed by atoms with Crippen LogP contribution < -0.4 is 0 Å². The number of rotatable bonds is 2. The van der Waals surface area contributed by atoms with E-state index < -0.39 is 0 Å². The molecule has 12 heavy (non-hydrogen) atoms. The summed E-state index contributed by atoms with van der Waals surface area (Å²) in [4.78, 5) is 6.01. The van der Waals surface area contributed by atoms with Crippen LogP contribution in [0.25, 0.3) is 0 Å². The van der Waals surface area contributed by atoms with Crippen LogP contribution in [0.5, 0.6) is 0 Å². The summed E-state index contributed by atoms with van der Waals surface area (Å²) in [5.41, 5.74) is 0. The fourth-order valence-electron chi connectivity index (χ4n) is 0.785. The van der Waals surface area contributed by atoms with Gasteiger partial charge in [-0.2, -0.15) is 5.26 Å². The minimum Gasteiger partial charge on any atom is -0.289 e. The zero-order valence-corrected chi connectivity index (χ0v) is 9.76. The maximum Gasteiger partial charge on any atom is 0.150 e. The average molecular weight is 293 g/mol. The molecule has 1 heterocycles. The van der Waals surface area contributed by atoms with Crippen LogP contribution in [0.4, 0.5) is 0 Å². The van der Waals surface area contributed by atoms with E-state index in [0.717, 1.165) is 7.89 Å². The third-order valence-electron chi connectivity index (χ3n) is 1.37.